The second-order valence-corrected chi connectivity index (χ2v) is 8.23. The van der Waals surface area contributed by atoms with Gasteiger partial charge in [-0.05, 0) is 86.3 Å². The van der Waals surface area contributed by atoms with Gasteiger partial charge in [-0.2, -0.15) is 0 Å². The van der Waals surface area contributed by atoms with E-state index in [4.69, 9.17) is 17.2 Å². The molecule has 2 heterocycles. The highest BCUT2D eigenvalue weighted by molar-refractivity contribution is 7.80. The molecule has 0 amide bonds. The molecule has 1 atom stereocenters. The van der Waals surface area contributed by atoms with Gasteiger partial charge in [0, 0.05) is 24.7 Å². The summed E-state index contributed by atoms with van der Waals surface area (Å²) < 4.78 is 0. The van der Waals surface area contributed by atoms with Crippen molar-refractivity contribution >= 4 is 34.1 Å². The molecule has 28 heavy (non-hydrogen) atoms. The number of aromatic nitrogens is 2. The van der Waals surface area contributed by atoms with Crippen LogP contribution in [0.4, 0.5) is 5.69 Å². The molecule has 1 aromatic heterocycles. The van der Waals surface area contributed by atoms with E-state index in [0.717, 1.165) is 60.0 Å². The summed E-state index contributed by atoms with van der Waals surface area (Å²) in [6.45, 7) is 8.35. The van der Waals surface area contributed by atoms with Gasteiger partial charge >= 0.3 is 0 Å². The molecule has 4 rings (SSSR count). The monoisotopic (exact) mass is 392 g/mol. The van der Waals surface area contributed by atoms with Crippen molar-refractivity contribution < 1.29 is 0 Å². The zero-order chi connectivity index (χ0) is 19.7. The second kappa shape index (κ2) is 7.92. The van der Waals surface area contributed by atoms with Gasteiger partial charge in [0.25, 0.3) is 0 Å². The van der Waals surface area contributed by atoms with E-state index in [-0.39, 0.29) is 0 Å². The third-order valence-electron chi connectivity index (χ3n) is 5.82. The van der Waals surface area contributed by atoms with Crippen LogP contribution < -0.4 is 5.32 Å². The number of hydrogen-bond acceptors (Lipinski definition) is 2. The number of rotatable bonds is 3. The Morgan fingerprint density at radius 2 is 1.96 bits per heavy atom. The lowest BCUT2D eigenvalue weighted by molar-refractivity contribution is 0.307. The van der Waals surface area contributed by atoms with E-state index in [1.807, 2.05) is 0 Å². The number of fused-ring (bicyclic) bond motifs is 1. The molecule has 2 aromatic carbocycles. The average Bonchev–Trinajstić information content (AvgIpc) is 3.11. The van der Waals surface area contributed by atoms with Crippen LogP contribution in [-0.4, -0.2) is 33.1 Å². The van der Waals surface area contributed by atoms with Crippen LogP contribution in [0.5, 0.6) is 0 Å². The lowest BCUT2D eigenvalue weighted by atomic mass is 9.98. The first-order chi connectivity index (χ1) is 13.5. The number of benzene rings is 2. The van der Waals surface area contributed by atoms with Gasteiger partial charge in [0.2, 0.25) is 0 Å². The third kappa shape index (κ3) is 3.90. The van der Waals surface area contributed by atoms with E-state index in [2.05, 4.69) is 72.4 Å². The van der Waals surface area contributed by atoms with E-state index in [9.17, 15) is 0 Å². The van der Waals surface area contributed by atoms with Crippen molar-refractivity contribution in [2.24, 2.45) is 0 Å². The van der Waals surface area contributed by atoms with Crippen molar-refractivity contribution in [2.75, 3.05) is 18.4 Å². The summed E-state index contributed by atoms with van der Waals surface area (Å²) >= 11 is 5.70. The number of nitrogens with zero attached hydrogens (tertiary/aromatic N) is 2. The molecule has 3 aromatic rings. The zero-order valence-corrected chi connectivity index (χ0v) is 17.7. The normalized spacial score (nSPS) is 17.1. The molecule has 2 N–H and O–H groups in total. The van der Waals surface area contributed by atoms with Crippen molar-refractivity contribution in [1.29, 1.82) is 0 Å². The molecule has 1 aliphatic rings. The molecule has 1 saturated heterocycles. The van der Waals surface area contributed by atoms with Gasteiger partial charge in [0.05, 0.1) is 11.0 Å². The number of anilines is 1. The van der Waals surface area contributed by atoms with E-state index in [1.54, 1.807) is 0 Å². The molecule has 5 heteroatoms. The summed E-state index contributed by atoms with van der Waals surface area (Å²) in [5, 5.41) is 4.21. The highest BCUT2D eigenvalue weighted by Crippen LogP contribution is 2.28. The smallest absolute Gasteiger partial charge is 0.173 e. The largest absolute Gasteiger partial charge is 0.348 e. The minimum atomic E-state index is 0.379. The van der Waals surface area contributed by atoms with Crippen LogP contribution in [0.2, 0.25) is 0 Å². The summed E-state index contributed by atoms with van der Waals surface area (Å²) in [4.78, 5) is 10.7. The summed E-state index contributed by atoms with van der Waals surface area (Å²) in [5.74, 6) is 1.46. The Bertz CT molecular complexity index is 951. The van der Waals surface area contributed by atoms with Gasteiger partial charge in [0.1, 0.15) is 5.82 Å². The van der Waals surface area contributed by atoms with E-state index in [0.29, 0.717) is 5.92 Å². The van der Waals surface area contributed by atoms with E-state index >= 15 is 0 Å². The SMILES string of the molecule is CCc1ccc(NC(=S)N2CCC[C@H](c3nc4cc(C)c(C)cc4[nH]3)C2)cc1. The molecule has 0 bridgehead atoms. The van der Waals surface area contributed by atoms with Gasteiger partial charge < -0.3 is 15.2 Å². The topological polar surface area (TPSA) is 44.0 Å². The van der Waals surface area contributed by atoms with Gasteiger partial charge in [-0.1, -0.05) is 19.1 Å². The van der Waals surface area contributed by atoms with E-state index in [1.165, 1.54) is 16.7 Å². The first kappa shape index (κ1) is 18.9. The minimum absolute atomic E-state index is 0.379. The molecular weight excluding hydrogens is 364 g/mol. The van der Waals surface area contributed by atoms with E-state index < -0.39 is 0 Å². The standard InChI is InChI=1S/C23H28N4S/c1-4-17-7-9-19(10-8-17)24-23(28)27-11-5-6-18(14-27)22-25-20-12-15(2)16(3)13-21(20)26-22/h7-10,12-13,18H,4-6,11,14H2,1-3H3,(H,24,28)(H,25,26)/t18-/m0/s1. The number of H-pyrrole nitrogens is 1. The van der Waals surface area contributed by atoms with Crippen LogP contribution in [0.15, 0.2) is 36.4 Å². The molecule has 0 saturated carbocycles. The number of imidazole rings is 1. The van der Waals surface area contributed by atoms with Crippen LogP contribution in [0.1, 0.15) is 48.2 Å². The Morgan fingerprint density at radius 3 is 2.71 bits per heavy atom. The molecular formula is C23H28N4S. The highest BCUT2D eigenvalue weighted by atomic mass is 32.1. The maximum atomic E-state index is 5.70. The molecule has 1 aliphatic heterocycles. The fourth-order valence-electron chi connectivity index (χ4n) is 3.89. The summed E-state index contributed by atoms with van der Waals surface area (Å²) in [6.07, 6.45) is 3.31. The van der Waals surface area contributed by atoms with Gasteiger partial charge in [-0.3, -0.25) is 0 Å². The number of thiocarbonyl (C=S) groups is 1. The first-order valence-corrected chi connectivity index (χ1v) is 10.6. The first-order valence-electron chi connectivity index (χ1n) is 10.1. The average molecular weight is 393 g/mol. The Balaban J connectivity index is 1.47. The Kier molecular flexibility index (Phi) is 5.36. The van der Waals surface area contributed by atoms with Crippen LogP contribution in [0, 0.1) is 13.8 Å². The van der Waals surface area contributed by atoms with Crippen molar-refractivity contribution in [3.63, 3.8) is 0 Å². The molecule has 0 radical (unpaired) electrons. The maximum Gasteiger partial charge on any atom is 0.173 e. The third-order valence-corrected chi connectivity index (χ3v) is 6.18. The number of nitrogens with one attached hydrogen (secondary N) is 2. The predicted molar refractivity (Wildman–Crippen MR) is 121 cm³/mol. The summed E-state index contributed by atoms with van der Waals surface area (Å²) in [5.41, 5.74) is 7.17. The van der Waals surface area contributed by atoms with Gasteiger partial charge in [0.15, 0.2) is 5.11 Å². The zero-order valence-electron chi connectivity index (χ0n) is 16.9. The van der Waals surface area contributed by atoms with Crippen molar-refractivity contribution in [3.8, 4) is 0 Å². The molecule has 146 valence electrons. The lowest BCUT2D eigenvalue weighted by Crippen LogP contribution is -2.41. The van der Waals surface area contributed by atoms with Crippen molar-refractivity contribution in [1.82, 2.24) is 14.9 Å². The summed E-state index contributed by atoms with van der Waals surface area (Å²) in [6, 6.07) is 12.9. The Morgan fingerprint density at radius 1 is 1.21 bits per heavy atom. The Hall–Kier alpha value is -2.40. The second-order valence-electron chi connectivity index (χ2n) is 7.84. The minimum Gasteiger partial charge on any atom is -0.348 e. The van der Waals surface area contributed by atoms with Crippen molar-refractivity contribution in [3.05, 3.63) is 58.9 Å². The predicted octanol–water partition coefficient (Wildman–Crippen LogP) is 5.32. The fourth-order valence-corrected chi connectivity index (χ4v) is 4.18. The lowest BCUT2D eigenvalue weighted by Gasteiger charge is -2.33. The number of aromatic amines is 1. The highest BCUT2D eigenvalue weighted by Gasteiger charge is 2.25. The van der Waals surface area contributed by atoms with Crippen LogP contribution in [0.3, 0.4) is 0 Å². The maximum absolute atomic E-state index is 5.70. The Labute approximate surface area is 172 Å². The number of likely N-dealkylation sites (tertiary alicyclic amines) is 1. The van der Waals surface area contributed by atoms with Crippen LogP contribution in [0.25, 0.3) is 11.0 Å². The fraction of sp³-hybridized carbons (Fsp3) is 0.391. The molecule has 0 aliphatic carbocycles. The quantitative estimate of drug-likeness (QED) is 0.592. The molecule has 1 fully saturated rings. The van der Waals surface area contributed by atoms with Crippen LogP contribution >= 0.6 is 12.2 Å². The van der Waals surface area contributed by atoms with Gasteiger partial charge in [-0.15, -0.1) is 0 Å². The van der Waals surface area contributed by atoms with Crippen LogP contribution in [-0.2, 0) is 6.42 Å². The molecule has 4 nitrogen and oxygen atoms in total. The molecule has 0 unspecified atom stereocenters. The van der Waals surface area contributed by atoms with Gasteiger partial charge in [-0.25, -0.2) is 4.98 Å². The number of piperidine rings is 1. The summed E-state index contributed by atoms with van der Waals surface area (Å²) in [7, 11) is 0. The van der Waals surface area contributed by atoms with Crippen molar-refractivity contribution in [2.45, 2.75) is 46.0 Å². The molecule has 0 spiro atoms. The number of hydrogen-bond donors (Lipinski definition) is 2. The number of aryl methyl sites for hydroxylation is 3.